The third-order valence-electron chi connectivity index (χ3n) is 14.6. The number of para-hydroxylation sites is 6. The van der Waals surface area contributed by atoms with Crippen molar-refractivity contribution in [2.75, 3.05) is 14.7 Å². The van der Waals surface area contributed by atoms with Crippen LogP contribution in [0.1, 0.15) is 0 Å². The highest BCUT2D eigenvalue weighted by atomic mass is 32.2. The van der Waals surface area contributed by atoms with Gasteiger partial charge >= 0.3 is 0 Å². The van der Waals surface area contributed by atoms with Gasteiger partial charge in [0.05, 0.1) is 11.0 Å². The zero-order chi connectivity index (χ0) is 43.7. The zero-order valence-electron chi connectivity index (χ0n) is 36.3. The van der Waals surface area contributed by atoms with E-state index >= 15 is 0 Å². The van der Waals surface area contributed by atoms with E-state index in [4.69, 9.17) is 0 Å². The van der Waals surface area contributed by atoms with Crippen LogP contribution in [0.3, 0.4) is 0 Å². The number of benzene rings is 10. The summed E-state index contributed by atoms with van der Waals surface area (Å²) in [6.45, 7) is 0.00638. The number of anilines is 9. The minimum Gasteiger partial charge on any atom is -0.311 e. The predicted molar refractivity (Wildman–Crippen MR) is 285 cm³/mol. The lowest BCUT2D eigenvalue weighted by Gasteiger charge is -2.45. The van der Waals surface area contributed by atoms with E-state index in [1.807, 2.05) is 11.8 Å². The molecule has 0 aliphatic carbocycles. The Morgan fingerprint density at radius 3 is 1.45 bits per heavy atom. The molecule has 1 aromatic heterocycles. The molecule has 10 aromatic carbocycles. The molecule has 15 rings (SSSR count). The Labute approximate surface area is 394 Å². The van der Waals surface area contributed by atoms with Crippen LogP contribution in [-0.4, -0.2) is 18.0 Å². The van der Waals surface area contributed by atoms with Crippen LogP contribution in [0.25, 0.3) is 27.5 Å². The van der Waals surface area contributed by atoms with Crippen LogP contribution in [0.5, 0.6) is 0 Å². The van der Waals surface area contributed by atoms with E-state index in [1.54, 1.807) is 0 Å². The number of nitrogens with zero attached hydrogens (tertiary/aromatic N) is 4. The van der Waals surface area contributed by atoms with Crippen LogP contribution in [0.2, 0.25) is 0 Å². The molecule has 4 nitrogen and oxygen atoms in total. The van der Waals surface area contributed by atoms with E-state index in [0.717, 1.165) is 17.1 Å². The number of hydrogen-bond acceptors (Lipinski definition) is 4. The van der Waals surface area contributed by atoms with E-state index in [1.165, 1.54) is 104 Å². The van der Waals surface area contributed by atoms with Gasteiger partial charge in [-0.15, -0.1) is 0 Å². The summed E-state index contributed by atoms with van der Waals surface area (Å²) in [4.78, 5) is 10.2. The molecule has 0 radical (unpaired) electrons. The minimum absolute atomic E-state index is 0.0500. The molecule has 0 N–H and O–H groups in total. The fourth-order valence-electron chi connectivity index (χ4n) is 11.9. The molecule has 310 valence electrons. The molecule has 5 heterocycles. The van der Waals surface area contributed by atoms with Crippen molar-refractivity contribution in [1.29, 1.82) is 0 Å². The summed E-state index contributed by atoms with van der Waals surface area (Å²) >= 11 is 1.92. The highest BCUT2D eigenvalue weighted by molar-refractivity contribution is 8.00. The molecule has 7 heteroatoms. The van der Waals surface area contributed by atoms with Crippen LogP contribution < -0.4 is 47.5 Å². The van der Waals surface area contributed by atoms with Gasteiger partial charge < -0.3 is 19.3 Å². The van der Waals surface area contributed by atoms with Crippen LogP contribution in [0.4, 0.5) is 51.2 Å². The topological polar surface area (TPSA) is 14.7 Å². The third kappa shape index (κ3) is 5.23. The maximum Gasteiger partial charge on any atom is 0.252 e. The fourth-order valence-corrected chi connectivity index (χ4v) is 13.1. The molecule has 0 atom stereocenters. The molecule has 0 spiro atoms. The summed E-state index contributed by atoms with van der Waals surface area (Å²) in [7, 11) is 0. The molecule has 0 fully saturated rings. The van der Waals surface area contributed by atoms with Crippen molar-refractivity contribution in [2.45, 2.75) is 9.79 Å². The fraction of sp³-hybridized carbons (Fsp3) is 0. The molecule has 4 aliphatic rings. The summed E-state index contributed by atoms with van der Waals surface area (Å²) < 4.78 is 2.45. The van der Waals surface area contributed by atoms with E-state index < -0.39 is 0 Å². The Morgan fingerprint density at radius 1 is 0.284 bits per heavy atom. The van der Waals surface area contributed by atoms with Gasteiger partial charge in [-0.25, -0.2) is 0 Å². The van der Waals surface area contributed by atoms with Gasteiger partial charge in [0, 0.05) is 77.4 Å². The van der Waals surface area contributed by atoms with Crippen LogP contribution in [0.15, 0.2) is 240 Å². The van der Waals surface area contributed by atoms with Crippen molar-refractivity contribution >= 4 is 131 Å². The predicted octanol–water partition coefficient (Wildman–Crippen LogP) is 11.6. The average Bonchev–Trinajstić information content (AvgIpc) is 3.71. The zero-order valence-corrected chi connectivity index (χ0v) is 37.1. The molecule has 67 heavy (non-hydrogen) atoms. The van der Waals surface area contributed by atoms with Gasteiger partial charge in [-0.05, 0) is 124 Å². The first-order valence-corrected chi connectivity index (χ1v) is 24.0. The number of hydrogen-bond donors (Lipinski definition) is 0. The van der Waals surface area contributed by atoms with Crippen molar-refractivity contribution in [1.82, 2.24) is 4.57 Å². The van der Waals surface area contributed by atoms with Gasteiger partial charge in [0.15, 0.2) is 0 Å². The average molecular weight is 869 g/mol. The standard InChI is InChI=1S/C60H38B2N4S/c1-5-19-39(20-6-1)63-49-29-15-13-27-43(49)44-35-46-55(37-54(44)63)65(41-23-9-3-10-24-41)51-31-17-32-52-59(51)62(46)47-36-48-58(38-56(47)66(52)42-25-11-4-12-26-42)67-57-34-18-33-53-60(57)61(48)45-28-14-16-30-50(45)64(53)40-21-7-2-8-22-40/h1-38H. The van der Waals surface area contributed by atoms with Gasteiger partial charge in [-0.3, -0.25) is 0 Å². The SMILES string of the molecule is c1ccc(N2c3ccccc3B3c4cc5c(cc4Sc4cccc2c43)N(c2ccccc2)c2cccc3c2B5c2cc4c5ccccc5n(-c5ccccc5)c4cc2N3c2ccccc2)cc1. The molecule has 11 aromatic rings. The van der Waals surface area contributed by atoms with Crippen molar-refractivity contribution in [2.24, 2.45) is 0 Å². The third-order valence-corrected chi connectivity index (χ3v) is 15.7. The van der Waals surface area contributed by atoms with Gasteiger partial charge in [0.25, 0.3) is 6.71 Å². The highest BCUT2D eigenvalue weighted by Crippen LogP contribution is 2.48. The normalized spacial score (nSPS) is 13.8. The number of rotatable bonds is 4. The van der Waals surface area contributed by atoms with Gasteiger partial charge in [-0.2, -0.15) is 0 Å². The summed E-state index contributed by atoms with van der Waals surface area (Å²) in [5.41, 5.74) is 22.4. The maximum absolute atomic E-state index is 2.62. The Kier molecular flexibility index (Phi) is 7.86. The van der Waals surface area contributed by atoms with Crippen molar-refractivity contribution in [3.05, 3.63) is 231 Å². The van der Waals surface area contributed by atoms with Crippen LogP contribution in [-0.2, 0) is 0 Å². The smallest absolute Gasteiger partial charge is 0.252 e. The monoisotopic (exact) mass is 868 g/mol. The minimum atomic E-state index is -0.0500. The van der Waals surface area contributed by atoms with Crippen LogP contribution >= 0.6 is 11.8 Å². The molecule has 0 saturated heterocycles. The maximum atomic E-state index is 2.62. The molecule has 0 saturated carbocycles. The van der Waals surface area contributed by atoms with E-state index in [-0.39, 0.29) is 13.4 Å². The Hall–Kier alpha value is -8.12. The molecule has 0 bridgehead atoms. The number of aromatic nitrogens is 1. The van der Waals surface area contributed by atoms with Gasteiger partial charge in [-0.1, -0.05) is 151 Å². The molecule has 4 aliphatic heterocycles. The molecule has 0 unspecified atom stereocenters. The van der Waals surface area contributed by atoms with Gasteiger partial charge in [0.2, 0.25) is 6.71 Å². The molecule has 0 amide bonds. The first kappa shape index (κ1) is 37.1. The van der Waals surface area contributed by atoms with E-state index in [0.29, 0.717) is 0 Å². The largest absolute Gasteiger partial charge is 0.311 e. The second kappa shape index (κ2) is 14.2. The number of fused-ring (bicyclic) bond motifs is 11. The van der Waals surface area contributed by atoms with Crippen molar-refractivity contribution in [3.63, 3.8) is 0 Å². The molecular weight excluding hydrogens is 830 g/mol. The molecular formula is C60H38B2N4S. The lowest BCUT2D eigenvalue weighted by molar-refractivity contribution is 1.18. The van der Waals surface area contributed by atoms with Crippen LogP contribution in [0, 0.1) is 0 Å². The summed E-state index contributed by atoms with van der Waals surface area (Å²) in [5, 5.41) is 2.51. The van der Waals surface area contributed by atoms with Gasteiger partial charge in [0.1, 0.15) is 0 Å². The highest BCUT2D eigenvalue weighted by Gasteiger charge is 2.47. The Balaban J connectivity index is 1.04. The lowest BCUT2D eigenvalue weighted by Crippen LogP contribution is -2.64. The van der Waals surface area contributed by atoms with Crippen molar-refractivity contribution in [3.8, 4) is 5.69 Å². The first-order chi connectivity index (χ1) is 33.3. The second-order valence-electron chi connectivity index (χ2n) is 18.0. The first-order valence-electron chi connectivity index (χ1n) is 23.2. The lowest BCUT2D eigenvalue weighted by atomic mass is 9.31. The Morgan fingerprint density at radius 2 is 0.776 bits per heavy atom. The summed E-state index contributed by atoms with van der Waals surface area (Å²) in [6, 6.07) is 85.7. The second-order valence-corrected chi connectivity index (χ2v) is 19.1. The van der Waals surface area contributed by atoms with Crippen molar-refractivity contribution < 1.29 is 0 Å². The Bertz CT molecular complexity index is 3820. The van der Waals surface area contributed by atoms with E-state index in [2.05, 4.69) is 250 Å². The summed E-state index contributed by atoms with van der Waals surface area (Å²) in [5.74, 6) is 0. The van der Waals surface area contributed by atoms with E-state index in [9.17, 15) is 0 Å². The quantitative estimate of drug-likeness (QED) is 0.164. The summed E-state index contributed by atoms with van der Waals surface area (Å²) in [6.07, 6.45) is 0.